The van der Waals surface area contributed by atoms with Crippen molar-refractivity contribution in [1.82, 2.24) is 30.2 Å². The summed E-state index contributed by atoms with van der Waals surface area (Å²) >= 11 is 0. The number of carbonyl (C=O) groups excluding carboxylic acids is 1. The van der Waals surface area contributed by atoms with E-state index >= 15 is 0 Å². The molecule has 0 radical (unpaired) electrons. The van der Waals surface area contributed by atoms with E-state index in [4.69, 9.17) is 0 Å². The van der Waals surface area contributed by atoms with Crippen molar-refractivity contribution in [1.29, 1.82) is 0 Å². The van der Waals surface area contributed by atoms with E-state index in [0.717, 1.165) is 16.5 Å². The number of benzene rings is 1. The molecule has 0 aliphatic carbocycles. The molecule has 0 atom stereocenters. The highest BCUT2D eigenvalue weighted by Gasteiger charge is 2.11. The lowest BCUT2D eigenvalue weighted by Crippen LogP contribution is -2.18. The van der Waals surface area contributed by atoms with Gasteiger partial charge in [0.1, 0.15) is 12.1 Å². The molecule has 0 spiro atoms. The van der Waals surface area contributed by atoms with E-state index in [1.165, 1.54) is 18.7 Å². The van der Waals surface area contributed by atoms with Gasteiger partial charge in [0.25, 0.3) is 5.91 Å². The second kappa shape index (κ2) is 8.48. The number of nitrogens with zero attached hydrogens (tertiary/aromatic N) is 5. The van der Waals surface area contributed by atoms with Crippen LogP contribution in [-0.2, 0) is 6.42 Å². The molecule has 30 heavy (non-hydrogen) atoms. The molecule has 0 bridgehead atoms. The molecule has 9 heteroatoms. The fourth-order valence-corrected chi connectivity index (χ4v) is 3.16. The molecule has 0 aliphatic rings. The van der Waals surface area contributed by atoms with Gasteiger partial charge in [0.15, 0.2) is 0 Å². The Morgan fingerprint density at radius 3 is 2.70 bits per heavy atom. The van der Waals surface area contributed by atoms with Crippen LogP contribution in [0.15, 0.2) is 55.2 Å². The van der Waals surface area contributed by atoms with Gasteiger partial charge in [0.2, 0.25) is 0 Å². The smallest absolute Gasteiger partial charge is 0.313 e. The average Bonchev–Trinajstić information content (AvgIpc) is 2.79. The Hall–Kier alpha value is -4.14. The highest BCUT2D eigenvalue weighted by molar-refractivity contribution is 6.06. The van der Waals surface area contributed by atoms with E-state index in [1.54, 1.807) is 25.4 Å². The maximum Gasteiger partial charge on any atom is 0.313 e. The van der Waals surface area contributed by atoms with Crippen LogP contribution in [0.4, 0.5) is 5.82 Å². The van der Waals surface area contributed by atoms with E-state index in [9.17, 15) is 9.90 Å². The largest absolute Gasteiger partial charge is 0.479 e. The van der Waals surface area contributed by atoms with Gasteiger partial charge in [-0.2, -0.15) is 0 Å². The minimum atomic E-state index is -0.283. The van der Waals surface area contributed by atoms with Gasteiger partial charge in [0, 0.05) is 49.2 Å². The molecule has 150 valence electrons. The van der Waals surface area contributed by atoms with Crippen molar-refractivity contribution in [3.63, 3.8) is 0 Å². The molecular formula is C21H19N7O2. The number of rotatable bonds is 6. The predicted octanol–water partition coefficient (Wildman–Crippen LogP) is 2.20. The number of amides is 1. The molecule has 3 aromatic heterocycles. The Kier molecular flexibility index (Phi) is 5.42. The van der Waals surface area contributed by atoms with Gasteiger partial charge in [0.05, 0.1) is 16.8 Å². The first-order chi connectivity index (χ1) is 14.7. The number of carbonyl (C=O) groups is 1. The fraction of sp³-hybridized carbons (Fsp3) is 0.143. The SMILES string of the molecule is CNC(=O)c1ccnc2c(CCNc3cc(-c4cnc(O)nc4)ncn3)cccc12. The molecule has 0 aliphatic heterocycles. The molecular weight excluding hydrogens is 382 g/mol. The van der Waals surface area contributed by atoms with Crippen molar-refractivity contribution in [2.24, 2.45) is 0 Å². The first-order valence-electron chi connectivity index (χ1n) is 9.31. The van der Waals surface area contributed by atoms with Gasteiger partial charge in [-0.05, 0) is 18.1 Å². The molecule has 0 saturated carbocycles. The first-order valence-corrected chi connectivity index (χ1v) is 9.31. The quantitative estimate of drug-likeness (QED) is 0.449. The Bertz CT molecular complexity index is 1200. The van der Waals surface area contributed by atoms with Crippen LogP contribution in [0.25, 0.3) is 22.2 Å². The first kappa shape index (κ1) is 19.2. The van der Waals surface area contributed by atoms with E-state index in [2.05, 4.69) is 35.6 Å². The zero-order valence-corrected chi connectivity index (χ0v) is 16.2. The minimum absolute atomic E-state index is 0.135. The molecule has 1 amide bonds. The summed E-state index contributed by atoms with van der Waals surface area (Å²) < 4.78 is 0. The van der Waals surface area contributed by atoms with Gasteiger partial charge in [-0.15, -0.1) is 0 Å². The van der Waals surface area contributed by atoms with E-state index in [1.807, 2.05) is 18.2 Å². The molecule has 0 fully saturated rings. The summed E-state index contributed by atoms with van der Waals surface area (Å²) in [6.07, 6.45) is 6.81. The number of aromatic nitrogens is 5. The normalized spacial score (nSPS) is 10.7. The third-order valence-electron chi connectivity index (χ3n) is 4.63. The Morgan fingerprint density at radius 2 is 1.90 bits per heavy atom. The lowest BCUT2D eigenvalue weighted by molar-refractivity contribution is 0.0964. The molecule has 3 N–H and O–H groups in total. The van der Waals surface area contributed by atoms with Crippen LogP contribution >= 0.6 is 0 Å². The number of hydrogen-bond acceptors (Lipinski definition) is 8. The zero-order valence-electron chi connectivity index (χ0n) is 16.2. The maximum atomic E-state index is 12.1. The highest BCUT2D eigenvalue weighted by atomic mass is 16.3. The molecule has 3 heterocycles. The summed E-state index contributed by atoms with van der Waals surface area (Å²) in [5.74, 6) is 0.525. The lowest BCUT2D eigenvalue weighted by Gasteiger charge is -2.10. The zero-order chi connectivity index (χ0) is 20.9. The van der Waals surface area contributed by atoms with Crippen LogP contribution < -0.4 is 10.6 Å². The molecule has 4 rings (SSSR count). The van der Waals surface area contributed by atoms with Crippen molar-refractivity contribution < 1.29 is 9.90 Å². The lowest BCUT2D eigenvalue weighted by atomic mass is 10.0. The Labute approximate surface area is 172 Å². The van der Waals surface area contributed by atoms with E-state index in [0.29, 0.717) is 35.6 Å². The number of hydrogen-bond donors (Lipinski definition) is 3. The van der Waals surface area contributed by atoms with Crippen LogP contribution in [0.1, 0.15) is 15.9 Å². The minimum Gasteiger partial charge on any atom is -0.479 e. The van der Waals surface area contributed by atoms with Crippen LogP contribution in [0.5, 0.6) is 6.01 Å². The standard InChI is InChI=1S/C21H19N7O2/c1-22-20(29)16-6-8-24-19-13(3-2-4-15(16)19)5-7-23-18-9-17(27-12-28-18)14-10-25-21(30)26-11-14/h2-4,6,8-12H,5,7H2,1H3,(H,22,29)(H,23,27,28)(H,25,26,30). The topological polar surface area (TPSA) is 126 Å². The van der Waals surface area contributed by atoms with Gasteiger partial charge in [-0.1, -0.05) is 18.2 Å². The number of para-hydroxylation sites is 1. The second-order valence-corrected chi connectivity index (χ2v) is 6.49. The van der Waals surface area contributed by atoms with Crippen LogP contribution in [0, 0.1) is 0 Å². The second-order valence-electron chi connectivity index (χ2n) is 6.49. The van der Waals surface area contributed by atoms with Crippen molar-refractivity contribution in [2.45, 2.75) is 6.42 Å². The average molecular weight is 401 g/mol. The monoisotopic (exact) mass is 401 g/mol. The summed E-state index contributed by atoms with van der Waals surface area (Å²) in [4.78, 5) is 32.6. The number of aromatic hydroxyl groups is 1. The summed E-state index contributed by atoms with van der Waals surface area (Å²) in [6.45, 7) is 0.619. The van der Waals surface area contributed by atoms with E-state index in [-0.39, 0.29) is 11.9 Å². The van der Waals surface area contributed by atoms with Crippen molar-refractivity contribution in [2.75, 3.05) is 18.9 Å². The summed E-state index contributed by atoms with van der Waals surface area (Å²) in [5.41, 5.74) is 3.78. The van der Waals surface area contributed by atoms with E-state index < -0.39 is 0 Å². The Morgan fingerprint density at radius 1 is 1.07 bits per heavy atom. The third kappa shape index (κ3) is 4.00. The van der Waals surface area contributed by atoms with Gasteiger partial charge in [-0.25, -0.2) is 19.9 Å². The Balaban J connectivity index is 1.50. The molecule has 0 unspecified atom stereocenters. The fourth-order valence-electron chi connectivity index (χ4n) is 3.16. The molecule has 1 aromatic carbocycles. The number of nitrogens with one attached hydrogen (secondary N) is 2. The van der Waals surface area contributed by atoms with Gasteiger partial charge in [-0.3, -0.25) is 9.78 Å². The van der Waals surface area contributed by atoms with Crippen LogP contribution in [0.3, 0.4) is 0 Å². The van der Waals surface area contributed by atoms with Gasteiger partial charge < -0.3 is 15.7 Å². The van der Waals surface area contributed by atoms with Crippen molar-refractivity contribution >= 4 is 22.6 Å². The van der Waals surface area contributed by atoms with Crippen molar-refractivity contribution in [3.8, 4) is 17.3 Å². The van der Waals surface area contributed by atoms with Crippen LogP contribution in [-0.4, -0.2) is 49.5 Å². The predicted molar refractivity (Wildman–Crippen MR) is 112 cm³/mol. The van der Waals surface area contributed by atoms with Crippen LogP contribution in [0.2, 0.25) is 0 Å². The molecule has 0 saturated heterocycles. The van der Waals surface area contributed by atoms with Gasteiger partial charge >= 0.3 is 6.01 Å². The summed E-state index contributed by atoms with van der Waals surface area (Å²) in [7, 11) is 1.61. The third-order valence-corrected chi connectivity index (χ3v) is 4.63. The number of pyridine rings is 1. The molecule has 4 aromatic rings. The van der Waals surface area contributed by atoms with Crippen molar-refractivity contribution in [3.05, 3.63) is 66.4 Å². The number of fused-ring (bicyclic) bond motifs is 1. The summed E-state index contributed by atoms with van der Waals surface area (Å²) in [5, 5.41) is 16.0. The summed E-state index contributed by atoms with van der Waals surface area (Å²) in [6, 6.07) is 9.07. The highest BCUT2D eigenvalue weighted by Crippen LogP contribution is 2.21. The maximum absolute atomic E-state index is 12.1. The number of anilines is 1. The molecule has 9 nitrogen and oxygen atoms in total.